The van der Waals surface area contributed by atoms with Crippen molar-refractivity contribution in [1.29, 1.82) is 0 Å². The topological polar surface area (TPSA) is 45.1 Å². The molecule has 62 valence electrons. The summed E-state index contributed by atoms with van der Waals surface area (Å²) in [6.45, 7) is 0.688. The molecular weight excluding hydrogens is 164 g/mol. The SMILES string of the molecule is Cl.OCCNc1ccccn1. The molecule has 0 bridgehead atoms. The lowest BCUT2D eigenvalue weighted by atomic mass is 10.4. The van der Waals surface area contributed by atoms with Crippen LogP contribution in [0.25, 0.3) is 0 Å². The van der Waals surface area contributed by atoms with E-state index in [1.807, 2.05) is 18.2 Å². The first-order valence-electron chi connectivity index (χ1n) is 3.19. The molecule has 4 heteroatoms. The molecular formula is C7H11ClN2O. The van der Waals surface area contributed by atoms with Gasteiger partial charge < -0.3 is 10.4 Å². The van der Waals surface area contributed by atoms with Gasteiger partial charge in [-0.3, -0.25) is 0 Å². The van der Waals surface area contributed by atoms with E-state index < -0.39 is 0 Å². The van der Waals surface area contributed by atoms with Crippen LogP contribution in [0.15, 0.2) is 24.4 Å². The first-order valence-corrected chi connectivity index (χ1v) is 3.19. The van der Waals surface area contributed by atoms with Crippen LogP contribution in [0.1, 0.15) is 0 Å². The van der Waals surface area contributed by atoms with Crippen LogP contribution < -0.4 is 5.32 Å². The summed E-state index contributed by atoms with van der Waals surface area (Å²) in [7, 11) is 0. The van der Waals surface area contributed by atoms with E-state index in [1.165, 1.54) is 0 Å². The molecule has 3 nitrogen and oxygen atoms in total. The highest BCUT2D eigenvalue weighted by atomic mass is 35.5. The molecule has 0 saturated carbocycles. The average Bonchev–Trinajstić information content (AvgIpc) is 2.03. The monoisotopic (exact) mass is 174 g/mol. The van der Waals surface area contributed by atoms with Crippen LogP contribution in [-0.4, -0.2) is 23.2 Å². The van der Waals surface area contributed by atoms with Gasteiger partial charge in [-0.15, -0.1) is 12.4 Å². The minimum Gasteiger partial charge on any atom is -0.395 e. The van der Waals surface area contributed by atoms with E-state index in [4.69, 9.17) is 5.11 Å². The van der Waals surface area contributed by atoms with E-state index in [0.717, 1.165) is 5.82 Å². The zero-order chi connectivity index (χ0) is 7.23. The highest BCUT2D eigenvalue weighted by Gasteiger charge is 1.86. The lowest BCUT2D eigenvalue weighted by Gasteiger charge is -2.00. The number of hydrogen-bond donors (Lipinski definition) is 2. The van der Waals surface area contributed by atoms with Crippen LogP contribution in [-0.2, 0) is 0 Å². The Balaban J connectivity index is 0.000001000. The van der Waals surface area contributed by atoms with Crippen molar-refractivity contribution in [3.8, 4) is 0 Å². The lowest BCUT2D eigenvalue weighted by Crippen LogP contribution is -2.06. The number of rotatable bonds is 3. The second kappa shape index (κ2) is 5.95. The van der Waals surface area contributed by atoms with Gasteiger partial charge >= 0.3 is 0 Å². The standard InChI is InChI=1S/C7H10N2O.ClH/c10-6-5-9-7-3-1-2-4-8-7;/h1-4,10H,5-6H2,(H,8,9);1H. The van der Waals surface area contributed by atoms with Crippen molar-refractivity contribution in [3.63, 3.8) is 0 Å². The van der Waals surface area contributed by atoms with Crippen LogP contribution >= 0.6 is 12.4 Å². The van der Waals surface area contributed by atoms with Crippen LogP contribution in [0, 0.1) is 0 Å². The van der Waals surface area contributed by atoms with Crippen molar-refractivity contribution in [1.82, 2.24) is 4.98 Å². The third kappa shape index (κ3) is 3.80. The summed E-state index contributed by atoms with van der Waals surface area (Å²) < 4.78 is 0. The lowest BCUT2D eigenvalue weighted by molar-refractivity contribution is 0.311. The minimum absolute atomic E-state index is 0. The summed E-state index contributed by atoms with van der Waals surface area (Å²) in [5.41, 5.74) is 0. The molecule has 0 amide bonds. The summed E-state index contributed by atoms with van der Waals surface area (Å²) in [5.74, 6) is 0.802. The zero-order valence-corrected chi connectivity index (χ0v) is 6.84. The molecule has 0 unspecified atom stereocenters. The van der Waals surface area contributed by atoms with Crippen LogP contribution in [0.4, 0.5) is 5.82 Å². The number of aliphatic hydroxyl groups excluding tert-OH is 1. The Kier molecular flexibility index (Phi) is 5.51. The summed E-state index contributed by atoms with van der Waals surface area (Å²) in [5, 5.41) is 11.4. The quantitative estimate of drug-likeness (QED) is 0.716. The van der Waals surface area contributed by atoms with Gasteiger partial charge in [0, 0.05) is 12.7 Å². The van der Waals surface area contributed by atoms with Crippen molar-refractivity contribution in [3.05, 3.63) is 24.4 Å². The predicted molar refractivity (Wildman–Crippen MR) is 47.1 cm³/mol. The molecule has 0 aliphatic rings. The maximum absolute atomic E-state index is 8.44. The molecule has 0 spiro atoms. The Morgan fingerprint density at radius 3 is 2.82 bits per heavy atom. The molecule has 0 atom stereocenters. The van der Waals surface area contributed by atoms with Gasteiger partial charge in [-0.25, -0.2) is 4.98 Å². The van der Waals surface area contributed by atoms with Gasteiger partial charge in [-0.2, -0.15) is 0 Å². The number of anilines is 1. The largest absolute Gasteiger partial charge is 0.395 e. The van der Waals surface area contributed by atoms with E-state index in [-0.39, 0.29) is 19.0 Å². The maximum atomic E-state index is 8.44. The Hall–Kier alpha value is -0.800. The van der Waals surface area contributed by atoms with Gasteiger partial charge in [-0.05, 0) is 12.1 Å². The highest BCUT2D eigenvalue weighted by molar-refractivity contribution is 5.85. The number of nitrogens with zero attached hydrogens (tertiary/aromatic N) is 1. The van der Waals surface area contributed by atoms with Crippen LogP contribution in [0.2, 0.25) is 0 Å². The average molecular weight is 175 g/mol. The smallest absolute Gasteiger partial charge is 0.125 e. The number of halogens is 1. The number of hydrogen-bond acceptors (Lipinski definition) is 3. The fourth-order valence-electron chi connectivity index (χ4n) is 0.651. The Morgan fingerprint density at radius 2 is 2.27 bits per heavy atom. The second-order valence-electron chi connectivity index (χ2n) is 1.87. The molecule has 0 aromatic carbocycles. The van der Waals surface area contributed by atoms with Crippen molar-refractivity contribution >= 4 is 18.2 Å². The molecule has 1 aromatic rings. The Bertz CT molecular complexity index is 181. The van der Waals surface area contributed by atoms with Crippen molar-refractivity contribution in [2.24, 2.45) is 0 Å². The summed E-state index contributed by atoms with van der Waals surface area (Å²) in [6.07, 6.45) is 1.71. The molecule has 1 aromatic heterocycles. The Morgan fingerprint density at radius 1 is 1.45 bits per heavy atom. The van der Waals surface area contributed by atoms with Gasteiger partial charge in [-0.1, -0.05) is 6.07 Å². The molecule has 11 heavy (non-hydrogen) atoms. The normalized spacial score (nSPS) is 8.45. The fourth-order valence-corrected chi connectivity index (χ4v) is 0.651. The van der Waals surface area contributed by atoms with Gasteiger partial charge in [0.15, 0.2) is 0 Å². The second-order valence-corrected chi connectivity index (χ2v) is 1.87. The van der Waals surface area contributed by atoms with E-state index >= 15 is 0 Å². The molecule has 1 rings (SSSR count). The molecule has 0 fully saturated rings. The number of aliphatic hydroxyl groups is 1. The van der Waals surface area contributed by atoms with Gasteiger partial charge in [0.1, 0.15) is 5.82 Å². The molecule has 0 saturated heterocycles. The van der Waals surface area contributed by atoms with E-state index in [9.17, 15) is 0 Å². The zero-order valence-electron chi connectivity index (χ0n) is 6.03. The summed E-state index contributed by atoms with van der Waals surface area (Å²) in [6, 6.07) is 5.60. The van der Waals surface area contributed by atoms with Gasteiger partial charge in [0.25, 0.3) is 0 Å². The first-order chi connectivity index (χ1) is 4.93. The first kappa shape index (κ1) is 10.2. The molecule has 2 N–H and O–H groups in total. The molecule has 0 radical (unpaired) electrons. The third-order valence-electron chi connectivity index (χ3n) is 1.08. The van der Waals surface area contributed by atoms with Gasteiger partial charge in [0.2, 0.25) is 0 Å². The van der Waals surface area contributed by atoms with Crippen molar-refractivity contribution in [2.45, 2.75) is 0 Å². The molecule has 0 aliphatic carbocycles. The van der Waals surface area contributed by atoms with E-state index in [0.29, 0.717) is 6.54 Å². The third-order valence-corrected chi connectivity index (χ3v) is 1.08. The van der Waals surface area contributed by atoms with Crippen molar-refractivity contribution in [2.75, 3.05) is 18.5 Å². The van der Waals surface area contributed by atoms with Crippen LogP contribution in [0.3, 0.4) is 0 Å². The summed E-state index contributed by atoms with van der Waals surface area (Å²) in [4.78, 5) is 3.99. The van der Waals surface area contributed by atoms with E-state index in [2.05, 4.69) is 10.3 Å². The number of pyridine rings is 1. The highest BCUT2D eigenvalue weighted by Crippen LogP contribution is 1.97. The van der Waals surface area contributed by atoms with Crippen molar-refractivity contribution < 1.29 is 5.11 Å². The van der Waals surface area contributed by atoms with E-state index in [1.54, 1.807) is 6.20 Å². The summed E-state index contributed by atoms with van der Waals surface area (Å²) >= 11 is 0. The maximum Gasteiger partial charge on any atom is 0.125 e. The Labute approximate surface area is 71.9 Å². The van der Waals surface area contributed by atoms with Gasteiger partial charge in [0.05, 0.1) is 6.61 Å². The number of aromatic nitrogens is 1. The van der Waals surface area contributed by atoms with Crippen LogP contribution in [0.5, 0.6) is 0 Å². The minimum atomic E-state index is 0. The molecule has 1 heterocycles. The fraction of sp³-hybridized carbons (Fsp3) is 0.286. The predicted octanol–water partition coefficient (Wildman–Crippen LogP) is 0.908. The number of nitrogens with one attached hydrogen (secondary N) is 1. The molecule has 0 aliphatic heterocycles.